The van der Waals surface area contributed by atoms with Crippen LogP contribution in [0.1, 0.15) is 31.6 Å². The van der Waals surface area contributed by atoms with Gasteiger partial charge in [-0.1, -0.05) is 0 Å². The molecule has 0 aromatic carbocycles. The second-order valence-electron chi connectivity index (χ2n) is 4.91. The van der Waals surface area contributed by atoms with Crippen LogP contribution in [0.2, 0.25) is 0 Å². The van der Waals surface area contributed by atoms with Gasteiger partial charge in [-0.3, -0.25) is 0 Å². The molecule has 0 aliphatic heterocycles. The minimum Gasteiger partial charge on any atom is -0.310 e. The van der Waals surface area contributed by atoms with Crippen LogP contribution in [0.5, 0.6) is 0 Å². The van der Waals surface area contributed by atoms with E-state index >= 15 is 0 Å². The summed E-state index contributed by atoms with van der Waals surface area (Å²) in [5.74, 6) is 2.44. The van der Waals surface area contributed by atoms with E-state index in [4.69, 9.17) is 11.6 Å². The van der Waals surface area contributed by atoms with Crippen molar-refractivity contribution in [1.82, 2.24) is 14.5 Å². The van der Waals surface area contributed by atoms with Crippen LogP contribution in [0.15, 0.2) is 16.7 Å². The maximum absolute atomic E-state index is 5.88. The van der Waals surface area contributed by atoms with E-state index in [-0.39, 0.29) is 0 Å². The van der Waals surface area contributed by atoms with Gasteiger partial charge in [0.2, 0.25) is 0 Å². The molecule has 0 radical (unpaired) electrons. The molecular formula is C13H15BrClN3. The van der Waals surface area contributed by atoms with Crippen LogP contribution in [-0.2, 0) is 6.42 Å². The molecule has 0 N–H and O–H groups in total. The molecule has 0 bridgehead atoms. The summed E-state index contributed by atoms with van der Waals surface area (Å²) in [5, 5.41) is 0. The highest BCUT2D eigenvalue weighted by molar-refractivity contribution is 9.10. The summed E-state index contributed by atoms with van der Waals surface area (Å²) >= 11 is 9.33. The molecule has 3 rings (SSSR count). The Morgan fingerprint density at radius 2 is 2.33 bits per heavy atom. The average Bonchev–Trinajstić information content (AvgIpc) is 3.11. The lowest BCUT2D eigenvalue weighted by atomic mass is 10.2. The monoisotopic (exact) mass is 327 g/mol. The highest BCUT2D eigenvalue weighted by Crippen LogP contribution is 2.41. The predicted octanol–water partition coefficient (Wildman–Crippen LogP) is 3.95. The number of pyridine rings is 1. The molecule has 1 aliphatic carbocycles. The quantitative estimate of drug-likeness (QED) is 0.796. The summed E-state index contributed by atoms with van der Waals surface area (Å²) in [7, 11) is 0. The molecule has 1 unspecified atom stereocenters. The largest absolute Gasteiger partial charge is 0.310 e. The standard InChI is InChI=1S/C13H15BrClN3/c1-8(9-2-3-9)18-12(4-5-15)17-11-6-10(14)7-16-13(11)18/h6-9H,2-5H2,1H3. The van der Waals surface area contributed by atoms with Crippen LogP contribution in [0.4, 0.5) is 0 Å². The first-order valence-electron chi connectivity index (χ1n) is 6.29. The molecular weight excluding hydrogens is 314 g/mol. The topological polar surface area (TPSA) is 30.7 Å². The zero-order valence-electron chi connectivity index (χ0n) is 10.2. The van der Waals surface area contributed by atoms with E-state index < -0.39 is 0 Å². The van der Waals surface area contributed by atoms with Crippen molar-refractivity contribution in [2.45, 2.75) is 32.2 Å². The maximum atomic E-state index is 5.88. The third kappa shape index (κ3) is 2.16. The van der Waals surface area contributed by atoms with Gasteiger partial charge in [0.25, 0.3) is 0 Å². The van der Waals surface area contributed by atoms with Crippen molar-refractivity contribution in [3.05, 3.63) is 22.6 Å². The number of halogens is 2. The summed E-state index contributed by atoms with van der Waals surface area (Å²) in [6, 6.07) is 2.50. The van der Waals surface area contributed by atoms with E-state index in [0.29, 0.717) is 11.9 Å². The predicted molar refractivity (Wildman–Crippen MR) is 77.1 cm³/mol. The van der Waals surface area contributed by atoms with Crippen LogP contribution in [0.3, 0.4) is 0 Å². The Morgan fingerprint density at radius 1 is 1.56 bits per heavy atom. The number of imidazole rings is 1. The Labute approximate surface area is 120 Å². The lowest BCUT2D eigenvalue weighted by Gasteiger charge is -2.16. The van der Waals surface area contributed by atoms with Gasteiger partial charge in [0, 0.05) is 29.0 Å². The lowest BCUT2D eigenvalue weighted by Crippen LogP contribution is -2.12. The third-order valence-electron chi connectivity index (χ3n) is 3.60. The van der Waals surface area contributed by atoms with E-state index in [1.54, 1.807) is 0 Å². The van der Waals surface area contributed by atoms with Crippen molar-refractivity contribution in [2.75, 3.05) is 5.88 Å². The van der Waals surface area contributed by atoms with Crippen LogP contribution in [0, 0.1) is 5.92 Å². The highest BCUT2D eigenvalue weighted by atomic mass is 79.9. The van der Waals surface area contributed by atoms with Gasteiger partial charge in [-0.05, 0) is 47.7 Å². The number of aryl methyl sites for hydroxylation is 1. The van der Waals surface area contributed by atoms with Gasteiger partial charge < -0.3 is 4.57 Å². The normalized spacial score (nSPS) is 17.3. The first kappa shape index (κ1) is 12.4. The Bertz CT molecular complexity index is 577. The van der Waals surface area contributed by atoms with E-state index in [0.717, 1.165) is 33.8 Å². The summed E-state index contributed by atoms with van der Waals surface area (Å²) in [5.41, 5.74) is 1.94. The fourth-order valence-corrected chi connectivity index (χ4v) is 2.97. The van der Waals surface area contributed by atoms with Crippen molar-refractivity contribution in [3.8, 4) is 0 Å². The van der Waals surface area contributed by atoms with Gasteiger partial charge in [-0.15, -0.1) is 11.6 Å². The van der Waals surface area contributed by atoms with Gasteiger partial charge in [-0.25, -0.2) is 9.97 Å². The summed E-state index contributed by atoms with van der Waals surface area (Å²) in [4.78, 5) is 9.21. The lowest BCUT2D eigenvalue weighted by molar-refractivity contribution is 0.479. The van der Waals surface area contributed by atoms with Crippen molar-refractivity contribution in [2.24, 2.45) is 5.92 Å². The summed E-state index contributed by atoms with van der Waals surface area (Å²) < 4.78 is 3.25. The van der Waals surface area contributed by atoms with Gasteiger partial charge in [-0.2, -0.15) is 0 Å². The van der Waals surface area contributed by atoms with E-state index in [2.05, 4.69) is 37.4 Å². The molecule has 0 saturated heterocycles. The van der Waals surface area contributed by atoms with E-state index in [9.17, 15) is 0 Å². The summed E-state index contributed by atoms with van der Waals surface area (Å²) in [6.07, 6.45) is 5.27. The first-order chi connectivity index (χ1) is 8.70. The summed E-state index contributed by atoms with van der Waals surface area (Å²) in [6.45, 7) is 2.26. The number of fused-ring (bicyclic) bond motifs is 1. The second-order valence-corrected chi connectivity index (χ2v) is 6.20. The van der Waals surface area contributed by atoms with Gasteiger partial charge in [0.05, 0.1) is 0 Å². The molecule has 1 saturated carbocycles. The maximum Gasteiger partial charge on any atom is 0.160 e. The third-order valence-corrected chi connectivity index (χ3v) is 4.22. The average molecular weight is 329 g/mol. The molecule has 1 atom stereocenters. The molecule has 2 aromatic rings. The minimum atomic E-state index is 0.474. The smallest absolute Gasteiger partial charge is 0.160 e. The molecule has 1 aliphatic rings. The number of nitrogens with zero attached hydrogens (tertiary/aromatic N) is 3. The number of aromatic nitrogens is 3. The molecule has 3 nitrogen and oxygen atoms in total. The van der Waals surface area contributed by atoms with Crippen molar-refractivity contribution in [3.63, 3.8) is 0 Å². The fraction of sp³-hybridized carbons (Fsp3) is 0.538. The number of alkyl halides is 1. The molecule has 1 fully saturated rings. The van der Waals surface area contributed by atoms with Gasteiger partial charge >= 0.3 is 0 Å². The molecule has 5 heteroatoms. The Hall–Kier alpha value is -0.610. The Kier molecular flexibility index (Phi) is 3.32. The SMILES string of the molecule is CC(C1CC1)n1c(CCCl)nc2cc(Br)cnc21. The molecule has 0 amide bonds. The number of hydrogen-bond donors (Lipinski definition) is 0. The Balaban J connectivity index is 2.14. The van der Waals surface area contributed by atoms with Crippen LogP contribution in [0.25, 0.3) is 11.2 Å². The van der Waals surface area contributed by atoms with Gasteiger partial charge in [0.15, 0.2) is 5.65 Å². The first-order valence-corrected chi connectivity index (χ1v) is 7.61. The molecule has 18 heavy (non-hydrogen) atoms. The zero-order chi connectivity index (χ0) is 12.7. The molecule has 0 spiro atoms. The molecule has 96 valence electrons. The minimum absolute atomic E-state index is 0.474. The van der Waals surface area contributed by atoms with Crippen molar-refractivity contribution < 1.29 is 0 Å². The van der Waals surface area contributed by atoms with Crippen molar-refractivity contribution >= 4 is 38.7 Å². The number of rotatable bonds is 4. The van der Waals surface area contributed by atoms with E-state index in [1.807, 2.05) is 12.3 Å². The fourth-order valence-electron chi connectivity index (χ4n) is 2.48. The van der Waals surface area contributed by atoms with Gasteiger partial charge in [0.1, 0.15) is 11.3 Å². The molecule has 2 heterocycles. The van der Waals surface area contributed by atoms with E-state index in [1.165, 1.54) is 12.8 Å². The number of hydrogen-bond acceptors (Lipinski definition) is 2. The van der Waals surface area contributed by atoms with Crippen molar-refractivity contribution in [1.29, 1.82) is 0 Å². The molecule has 2 aromatic heterocycles. The Morgan fingerprint density at radius 3 is 3.00 bits per heavy atom. The van der Waals surface area contributed by atoms with Crippen LogP contribution >= 0.6 is 27.5 Å². The van der Waals surface area contributed by atoms with Crippen LogP contribution in [-0.4, -0.2) is 20.4 Å². The second kappa shape index (κ2) is 4.82. The zero-order valence-corrected chi connectivity index (χ0v) is 12.6. The van der Waals surface area contributed by atoms with Crippen LogP contribution < -0.4 is 0 Å². The highest BCUT2D eigenvalue weighted by Gasteiger charge is 2.31.